The average Bonchev–Trinajstić information content (AvgIpc) is 0.802. The van der Waals surface area contributed by atoms with E-state index >= 15 is 4.79 Å². The number of nitrogens with zero attached hydrogens (tertiary/aromatic N) is 3. The topological polar surface area (TPSA) is 545 Å². The third kappa shape index (κ3) is 28.4. The molecular formula is C56H82N10O31. The minimum atomic E-state index is -2.20. The lowest BCUT2D eigenvalue weighted by Gasteiger charge is -2.45. The summed E-state index contributed by atoms with van der Waals surface area (Å²) in [5.41, 5.74) is 8.88. The normalized spacial score (nSPS) is 25.8. The van der Waals surface area contributed by atoms with Crippen LogP contribution in [-0.4, -0.2) is 258 Å². The predicted octanol–water partition coefficient (Wildman–Crippen LogP) is -4.70. The second-order valence-corrected chi connectivity index (χ2v) is 21.6. The van der Waals surface area contributed by atoms with E-state index in [1.807, 2.05) is 0 Å². The van der Waals surface area contributed by atoms with Crippen molar-refractivity contribution in [1.29, 1.82) is 0 Å². The number of hydrogen-bond donors (Lipinski definition) is 7. The van der Waals surface area contributed by atoms with Crippen molar-refractivity contribution < 1.29 is 148 Å². The third-order valence-electron chi connectivity index (χ3n) is 13.3. The Bertz CT molecular complexity index is 2910. The van der Waals surface area contributed by atoms with Gasteiger partial charge in [0.25, 0.3) is 0 Å². The van der Waals surface area contributed by atoms with Crippen molar-refractivity contribution in [1.82, 2.24) is 37.2 Å². The molecule has 3 aliphatic heterocycles. The summed E-state index contributed by atoms with van der Waals surface area (Å²) in [5.74, 6) is -15.8. The van der Waals surface area contributed by atoms with E-state index < -0.39 is 245 Å². The maximum atomic E-state index is 15.2. The van der Waals surface area contributed by atoms with Gasteiger partial charge < -0.3 is 108 Å². The first-order chi connectivity index (χ1) is 45.5. The molecule has 0 radical (unpaired) electrons. The molecule has 3 aliphatic rings. The van der Waals surface area contributed by atoms with Crippen LogP contribution in [0, 0.1) is 0 Å². The summed E-state index contributed by atoms with van der Waals surface area (Å²) in [6.07, 6.45) is -20.4. The van der Waals surface area contributed by atoms with E-state index in [1.165, 1.54) is 0 Å². The SMILES string of the molecule is CC(=O)N[C@H]1[C@@H](OC[C@H](NC(C)=O)C(=O)N[C@@H](CO[C@H]2O[C@H](COC(C)=O)[C@H](OC(C)=O)[C@H](OC(C)=O)[C@H]2NC(C)=O)C(=O)N[C@@H](CO[C@H]2O[C@H](COC(C)=O)[C@H](OC(C)=O)[C@H](OC(C)=O)[C@H]2NC(C)=O)C(=O)NCCCN=[N+]=[N-])O[C@H](COC(C)=O)[C@H](OC(C)=O)[C@@H]1OC(C)=O. The molecule has 0 aliphatic carbocycles. The first-order valence-electron chi connectivity index (χ1n) is 29.7. The number of carbonyl (C=O) groups is 16. The Morgan fingerprint density at radius 3 is 0.918 bits per heavy atom. The minimum Gasteiger partial charge on any atom is -0.463 e. The first-order valence-corrected chi connectivity index (χ1v) is 29.7. The third-order valence-corrected chi connectivity index (χ3v) is 13.3. The van der Waals surface area contributed by atoms with Crippen LogP contribution in [0.1, 0.15) is 96.4 Å². The number of carbonyl (C=O) groups excluding carboxylic acids is 16. The lowest BCUT2D eigenvalue weighted by Crippen LogP contribution is -2.67. The molecule has 97 heavy (non-hydrogen) atoms. The van der Waals surface area contributed by atoms with Gasteiger partial charge in [-0.1, -0.05) is 5.11 Å². The Hall–Kier alpha value is -9.41. The van der Waals surface area contributed by atoms with Crippen LogP contribution in [0.2, 0.25) is 0 Å². The summed E-state index contributed by atoms with van der Waals surface area (Å²) in [5, 5.41) is 20.3. The molecule has 0 unspecified atom stereocenters. The molecule has 3 saturated heterocycles. The average molecular weight is 1390 g/mol. The number of esters is 9. The van der Waals surface area contributed by atoms with E-state index in [1.54, 1.807) is 0 Å². The molecule has 0 aromatic heterocycles. The van der Waals surface area contributed by atoms with Gasteiger partial charge in [0.1, 0.15) is 74.4 Å². The highest BCUT2D eigenvalue weighted by molar-refractivity contribution is 5.94. The molecule has 3 rings (SSSR count). The van der Waals surface area contributed by atoms with Crippen LogP contribution in [0.3, 0.4) is 0 Å². The van der Waals surface area contributed by atoms with E-state index in [-0.39, 0.29) is 19.5 Å². The van der Waals surface area contributed by atoms with Gasteiger partial charge in [0.2, 0.25) is 41.4 Å². The fraction of sp³-hybridized carbons (Fsp3) is 0.714. The fourth-order valence-electron chi connectivity index (χ4n) is 9.74. The first kappa shape index (κ1) is 81.8. The number of rotatable bonds is 34. The Labute approximate surface area is 553 Å². The maximum absolute atomic E-state index is 15.2. The minimum absolute atomic E-state index is 0.00430. The molecule has 0 spiro atoms. The standard InChI is InChI=1S/C56H82N10O31/c1-23(67)60-37(18-87-55-43(62-25(3)69)49(93-34(12)78)46(90-31(9)75)40(96-55)21-84-28(6)72)52(81)65-38(19-88-56-44(63-26(4)70)50(94-35(13)79)47(91-32(10)76)41(97-56)22-85-29(7)73)53(82)64-36(51(80)58-15-14-16-59-66-57)17-86-54-42(61-24(2)68)48(92-33(11)77)45(89-30(8)74)39(95-54)20-83-27(5)71/h36-50,54-56H,14-22H2,1-13H3,(H,58,80)(H,60,67)(H,61,68)(H,62,69)(H,63,70)(H,64,82)(H,65,81)/t36-,37-,38-,39+,40+,41+,42+,43+,44+,45-,46-,47-,48+,49+,50+,54-,55-,56-/m0/s1. The van der Waals surface area contributed by atoms with Crippen molar-refractivity contribution in [3.05, 3.63) is 10.4 Å². The molecule has 0 aromatic rings. The molecule has 41 nitrogen and oxygen atoms in total. The van der Waals surface area contributed by atoms with Gasteiger partial charge in [-0.25, -0.2) is 0 Å². The van der Waals surface area contributed by atoms with Crippen LogP contribution >= 0.6 is 0 Å². The summed E-state index contributed by atoms with van der Waals surface area (Å²) < 4.78 is 84.9. The highest BCUT2D eigenvalue weighted by Gasteiger charge is 2.55. The molecule has 3 heterocycles. The van der Waals surface area contributed by atoms with Gasteiger partial charge in [0.15, 0.2) is 55.5 Å². The largest absolute Gasteiger partial charge is 0.463 e. The van der Waals surface area contributed by atoms with E-state index in [4.69, 9.17) is 76.6 Å². The monoisotopic (exact) mass is 1390 g/mol. The molecule has 7 N–H and O–H groups in total. The van der Waals surface area contributed by atoms with Crippen molar-refractivity contribution in [2.75, 3.05) is 52.7 Å². The zero-order chi connectivity index (χ0) is 73.0. The molecular weight excluding hydrogens is 1310 g/mol. The molecule has 41 heteroatoms. The lowest BCUT2D eigenvalue weighted by atomic mass is 9.96. The molecule has 542 valence electrons. The van der Waals surface area contributed by atoms with Gasteiger partial charge in [-0.15, -0.1) is 0 Å². The van der Waals surface area contributed by atoms with Gasteiger partial charge in [-0.3, -0.25) is 76.7 Å². The van der Waals surface area contributed by atoms with Crippen LogP contribution in [0.5, 0.6) is 0 Å². The van der Waals surface area contributed by atoms with E-state index in [0.717, 1.165) is 90.0 Å². The zero-order valence-electron chi connectivity index (χ0n) is 55.3. The molecule has 0 saturated carbocycles. The quantitative estimate of drug-likeness (QED) is 0.00795. The summed E-state index contributed by atoms with van der Waals surface area (Å²) in [6, 6.07) is -11.1. The molecule has 3 fully saturated rings. The number of azide groups is 1. The van der Waals surface area contributed by atoms with Crippen molar-refractivity contribution in [3.8, 4) is 0 Å². The number of hydrogen-bond acceptors (Lipinski definition) is 32. The number of nitrogens with one attached hydrogen (secondary N) is 7. The van der Waals surface area contributed by atoms with Gasteiger partial charge in [-0.05, 0) is 12.0 Å². The summed E-state index contributed by atoms with van der Waals surface area (Å²) in [4.78, 5) is 210. The summed E-state index contributed by atoms with van der Waals surface area (Å²) in [7, 11) is 0. The predicted molar refractivity (Wildman–Crippen MR) is 313 cm³/mol. The van der Waals surface area contributed by atoms with Crippen LogP contribution in [0.4, 0.5) is 0 Å². The zero-order valence-corrected chi connectivity index (χ0v) is 55.3. The number of amides is 7. The van der Waals surface area contributed by atoms with Gasteiger partial charge in [-0.2, -0.15) is 0 Å². The van der Waals surface area contributed by atoms with Crippen molar-refractivity contribution in [2.24, 2.45) is 5.11 Å². The van der Waals surface area contributed by atoms with Crippen LogP contribution in [-0.2, 0) is 148 Å². The van der Waals surface area contributed by atoms with Crippen molar-refractivity contribution in [3.63, 3.8) is 0 Å². The summed E-state index contributed by atoms with van der Waals surface area (Å²) in [6.45, 7) is 7.14. The van der Waals surface area contributed by atoms with Gasteiger partial charge in [0.05, 0.1) is 19.8 Å². The highest BCUT2D eigenvalue weighted by atomic mass is 16.7. The fourth-order valence-corrected chi connectivity index (χ4v) is 9.74. The van der Waals surface area contributed by atoms with E-state index in [9.17, 15) is 71.9 Å². The van der Waals surface area contributed by atoms with Crippen LogP contribution in [0.15, 0.2) is 5.11 Å². The Kier molecular flexibility index (Phi) is 33.9. The smallest absolute Gasteiger partial charge is 0.303 e. The molecule has 18 atom stereocenters. The maximum Gasteiger partial charge on any atom is 0.303 e. The molecule has 7 amide bonds. The Morgan fingerprint density at radius 2 is 0.660 bits per heavy atom. The second kappa shape index (κ2) is 40.2. The van der Waals surface area contributed by atoms with Crippen molar-refractivity contribution >= 4 is 95.1 Å². The van der Waals surface area contributed by atoms with E-state index in [2.05, 4.69) is 47.2 Å². The molecule has 0 bridgehead atoms. The lowest BCUT2D eigenvalue weighted by molar-refractivity contribution is -0.279. The van der Waals surface area contributed by atoms with Crippen LogP contribution in [0.25, 0.3) is 10.4 Å². The van der Waals surface area contributed by atoms with Gasteiger partial charge in [0, 0.05) is 108 Å². The number of ether oxygens (including phenoxy) is 15. The second-order valence-electron chi connectivity index (χ2n) is 21.6. The summed E-state index contributed by atoms with van der Waals surface area (Å²) >= 11 is 0. The van der Waals surface area contributed by atoms with Gasteiger partial charge >= 0.3 is 53.7 Å². The van der Waals surface area contributed by atoms with Crippen molar-refractivity contribution in [2.45, 2.75) is 206 Å². The highest BCUT2D eigenvalue weighted by Crippen LogP contribution is 2.32. The Morgan fingerprint density at radius 1 is 0.381 bits per heavy atom. The van der Waals surface area contributed by atoms with E-state index in [0.29, 0.717) is 0 Å². The molecule has 0 aromatic carbocycles. The van der Waals surface area contributed by atoms with Crippen LogP contribution < -0.4 is 37.2 Å². The Balaban J connectivity index is 2.33.